The summed E-state index contributed by atoms with van der Waals surface area (Å²) < 4.78 is 5.24. The fraction of sp³-hybridized carbons (Fsp3) is 0.462. The molecule has 21 heavy (non-hydrogen) atoms. The van der Waals surface area contributed by atoms with Crippen molar-refractivity contribution in [2.45, 2.75) is 0 Å². The molecule has 8 heteroatoms. The topological polar surface area (TPSA) is 102 Å². The number of carbonyl (C=O) groups is 1. The van der Waals surface area contributed by atoms with E-state index in [0.717, 1.165) is 13.1 Å². The molecule has 1 heterocycles. The minimum absolute atomic E-state index is 0.0661. The first-order valence-electron chi connectivity index (χ1n) is 6.53. The van der Waals surface area contributed by atoms with E-state index in [4.69, 9.17) is 10.5 Å². The summed E-state index contributed by atoms with van der Waals surface area (Å²) in [6.45, 7) is 2.92. The number of hydrogen-bond acceptors (Lipinski definition) is 6. The second-order valence-electron chi connectivity index (χ2n) is 4.96. The van der Waals surface area contributed by atoms with E-state index in [9.17, 15) is 14.9 Å². The summed E-state index contributed by atoms with van der Waals surface area (Å²) in [5.74, 6) is -0.427. The lowest BCUT2D eigenvalue weighted by molar-refractivity contribution is -0.384. The fourth-order valence-corrected chi connectivity index (χ4v) is 2.38. The first-order valence-corrected chi connectivity index (χ1v) is 6.53. The number of likely N-dealkylation sites (N-methyl/N-ethyl adjacent to an activating group) is 1. The van der Waals surface area contributed by atoms with Crippen molar-refractivity contribution in [3.05, 3.63) is 27.8 Å². The van der Waals surface area contributed by atoms with E-state index in [1.807, 2.05) is 11.9 Å². The highest BCUT2D eigenvalue weighted by Gasteiger charge is 2.28. The van der Waals surface area contributed by atoms with Gasteiger partial charge >= 0.3 is 0 Å². The molecule has 0 atom stereocenters. The van der Waals surface area contributed by atoms with Gasteiger partial charge in [0.2, 0.25) is 5.91 Å². The minimum Gasteiger partial charge on any atom is -0.494 e. The van der Waals surface area contributed by atoms with Crippen molar-refractivity contribution in [3.8, 4) is 5.75 Å². The van der Waals surface area contributed by atoms with Crippen LogP contribution in [0.3, 0.4) is 0 Å². The van der Waals surface area contributed by atoms with Crippen molar-refractivity contribution in [2.75, 3.05) is 45.2 Å². The highest BCUT2D eigenvalue weighted by atomic mass is 16.6. The number of ether oxygens (including phenoxy) is 1. The Bertz CT molecular complexity index is 568. The predicted octanol–water partition coefficient (Wildman–Crippen LogP) is 0.454. The summed E-state index contributed by atoms with van der Waals surface area (Å²) in [4.78, 5) is 26.2. The molecule has 0 bridgehead atoms. The van der Waals surface area contributed by atoms with Gasteiger partial charge in [0.15, 0.2) is 5.69 Å². The number of benzene rings is 1. The summed E-state index contributed by atoms with van der Waals surface area (Å²) in [7, 11) is 3.42. The molecule has 0 aliphatic carbocycles. The van der Waals surface area contributed by atoms with E-state index < -0.39 is 10.8 Å². The number of amides is 1. The van der Waals surface area contributed by atoms with Gasteiger partial charge in [-0.15, -0.1) is 0 Å². The van der Waals surface area contributed by atoms with Crippen molar-refractivity contribution in [1.29, 1.82) is 0 Å². The minimum atomic E-state index is -0.721. The number of primary amides is 1. The average Bonchev–Trinajstić information content (AvgIpc) is 2.46. The van der Waals surface area contributed by atoms with Gasteiger partial charge in [-0.05, 0) is 13.1 Å². The van der Waals surface area contributed by atoms with Crippen molar-refractivity contribution in [3.63, 3.8) is 0 Å². The normalized spacial score (nSPS) is 15.8. The van der Waals surface area contributed by atoms with Crippen LogP contribution < -0.4 is 15.4 Å². The highest BCUT2D eigenvalue weighted by Crippen LogP contribution is 2.39. The zero-order valence-corrected chi connectivity index (χ0v) is 12.0. The molecule has 2 N–H and O–H groups in total. The van der Waals surface area contributed by atoms with Crippen LogP contribution in [0.2, 0.25) is 0 Å². The lowest BCUT2D eigenvalue weighted by atomic mass is 10.1. The molecule has 2 rings (SSSR count). The zero-order valence-electron chi connectivity index (χ0n) is 12.0. The highest BCUT2D eigenvalue weighted by molar-refractivity contribution is 5.95. The van der Waals surface area contributed by atoms with Gasteiger partial charge in [-0.2, -0.15) is 0 Å². The molecule has 1 saturated heterocycles. The largest absolute Gasteiger partial charge is 0.494 e. The molecule has 1 fully saturated rings. The van der Waals surface area contributed by atoms with Gasteiger partial charge in [0.25, 0.3) is 5.69 Å². The molecule has 114 valence electrons. The standard InChI is InChI=1S/C13H18N4O4/c1-15-3-5-16(6-4-15)12-10(17(19)20)7-9(13(14)18)8-11(12)21-2/h7-8H,3-6H2,1-2H3,(H2,14,18). The lowest BCUT2D eigenvalue weighted by Crippen LogP contribution is -2.44. The molecule has 1 aliphatic rings. The van der Waals surface area contributed by atoms with Gasteiger partial charge in [-0.25, -0.2) is 0 Å². The molecular weight excluding hydrogens is 276 g/mol. The summed E-state index contributed by atoms with van der Waals surface area (Å²) in [5.41, 5.74) is 5.53. The number of nitro groups is 1. The summed E-state index contributed by atoms with van der Waals surface area (Å²) in [5, 5.41) is 11.3. The van der Waals surface area contributed by atoms with Gasteiger partial charge in [0.05, 0.1) is 12.0 Å². The van der Waals surface area contributed by atoms with Crippen molar-refractivity contribution in [2.24, 2.45) is 5.73 Å². The van der Waals surface area contributed by atoms with Crippen LogP contribution in [0.1, 0.15) is 10.4 Å². The Balaban J connectivity index is 2.51. The quantitative estimate of drug-likeness (QED) is 0.639. The SMILES string of the molecule is COc1cc(C(N)=O)cc([N+](=O)[O-])c1N1CCN(C)CC1. The molecule has 8 nitrogen and oxygen atoms in total. The number of piperazine rings is 1. The third-order valence-electron chi connectivity index (χ3n) is 3.58. The van der Waals surface area contributed by atoms with Crippen LogP contribution in [-0.4, -0.2) is 56.1 Å². The Kier molecular flexibility index (Phi) is 4.27. The Morgan fingerprint density at radius 2 is 1.95 bits per heavy atom. The second kappa shape index (κ2) is 5.96. The van der Waals surface area contributed by atoms with Crippen LogP contribution in [0.25, 0.3) is 0 Å². The number of nitrogens with two attached hydrogens (primary N) is 1. The number of hydrogen-bond donors (Lipinski definition) is 1. The van der Waals surface area contributed by atoms with E-state index in [0.29, 0.717) is 24.5 Å². The van der Waals surface area contributed by atoms with Crippen LogP contribution in [0.4, 0.5) is 11.4 Å². The first-order chi connectivity index (χ1) is 9.93. The molecule has 0 saturated carbocycles. The summed E-state index contributed by atoms with van der Waals surface area (Å²) in [6, 6.07) is 2.65. The van der Waals surface area contributed by atoms with Gasteiger partial charge < -0.3 is 20.3 Å². The molecule has 0 spiro atoms. The molecule has 1 amide bonds. The predicted molar refractivity (Wildman–Crippen MR) is 77.9 cm³/mol. The number of nitrogens with zero attached hydrogens (tertiary/aromatic N) is 3. The fourth-order valence-electron chi connectivity index (χ4n) is 2.38. The Morgan fingerprint density at radius 1 is 1.33 bits per heavy atom. The lowest BCUT2D eigenvalue weighted by Gasteiger charge is -2.34. The number of carbonyl (C=O) groups excluding carboxylic acids is 1. The van der Waals surface area contributed by atoms with Gasteiger partial charge in [-0.1, -0.05) is 0 Å². The van der Waals surface area contributed by atoms with E-state index in [1.165, 1.54) is 19.2 Å². The molecule has 0 radical (unpaired) electrons. The molecule has 1 aromatic carbocycles. The number of rotatable bonds is 4. The molecule has 1 aromatic rings. The third kappa shape index (κ3) is 3.05. The van der Waals surface area contributed by atoms with Gasteiger partial charge in [0, 0.05) is 37.8 Å². The Morgan fingerprint density at radius 3 is 2.43 bits per heavy atom. The van der Waals surface area contributed by atoms with E-state index in [1.54, 1.807) is 0 Å². The van der Waals surface area contributed by atoms with Gasteiger partial charge in [-0.3, -0.25) is 14.9 Å². The van der Waals surface area contributed by atoms with Crippen LogP contribution in [-0.2, 0) is 0 Å². The van der Waals surface area contributed by atoms with Crippen LogP contribution >= 0.6 is 0 Å². The maximum atomic E-state index is 11.3. The van der Waals surface area contributed by atoms with Crippen molar-refractivity contribution < 1.29 is 14.5 Å². The molecule has 0 unspecified atom stereocenters. The molecular formula is C13H18N4O4. The maximum Gasteiger partial charge on any atom is 0.297 e. The van der Waals surface area contributed by atoms with Crippen LogP contribution in [0.15, 0.2) is 12.1 Å². The van der Waals surface area contributed by atoms with Crippen LogP contribution in [0, 0.1) is 10.1 Å². The molecule has 1 aliphatic heterocycles. The van der Waals surface area contributed by atoms with E-state index in [-0.39, 0.29) is 11.3 Å². The third-order valence-corrected chi connectivity index (χ3v) is 3.58. The number of nitro benzene ring substituents is 1. The van der Waals surface area contributed by atoms with Crippen molar-refractivity contribution >= 4 is 17.3 Å². The van der Waals surface area contributed by atoms with E-state index >= 15 is 0 Å². The second-order valence-corrected chi connectivity index (χ2v) is 4.96. The zero-order chi connectivity index (χ0) is 15.6. The van der Waals surface area contributed by atoms with Crippen LogP contribution in [0.5, 0.6) is 5.75 Å². The first kappa shape index (κ1) is 15.0. The monoisotopic (exact) mass is 294 g/mol. The Hall–Kier alpha value is -2.35. The van der Waals surface area contributed by atoms with Gasteiger partial charge in [0.1, 0.15) is 5.75 Å². The molecule has 0 aromatic heterocycles. The smallest absolute Gasteiger partial charge is 0.297 e. The maximum absolute atomic E-state index is 11.3. The Labute approximate surface area is 122 Å². The number of anilines is 1. The van der Waals surface area contributed by atoms with E-state index in [2.05, 4.69) is 4.90 Å². The summed E-state index contributed by atoms with van der Waals surface area (Å²) >= 11 is 0. The number of methoxy groups -OCH3 is 1. The van der Waals surface area contributed by atoms with Crippen molar-refractivity contribution in [1.82, 2.24) is 4.90 Å². The summed E-state index contributed by atoms with van der Waals surface area (Å²) in [6.07, 6.45) is 0. The average molecular weight is 294 g/mol.